The van der Waals surface area contributed by atoms with Crippen LogP contribution in [0.4, 0.5) is 0 Å². The lowest BCUT2D eigenvalue weighted by Gasteiger charge is -2.17. The zero-order chi connectivity index (χ0) is 25.4. The third-order valence-electron chi connectivity index (χ3n) is 4.66. The fraction of sp³-hybridized carbons (Fsp3) is 0.583. The molecule has 0 saturated heterocycles. The maximum absolute atomic E-state index is 12.0. The molecule has 0 bridgehead atoms. The van der Waals surface area contributed by atoms with Gasteiger partial charge in [0, 0.05) is 18.4 Å². The molecule has 33 heavy (non-hydrogen) atoms. The zero-order valence-electron chi connectivity index (χ0n) is 20.3. The number of thioether (sulfide) groups is 1. The third kappa shape index (κ3) is 16.7. The van der Waals surface area contributed by atoms with E-state index in [0.717, 1.165) is 32.6 Å². The van der Waals surface area contributed by atoms with Crippen molar-refractivity contribution in [3.63, 3.8) is 0 Å². The molecule has 0 fully saturated rings. The normalized spacial score (nSPS) is 13.6. The van der Waals surface area contributed by atoms with E-state index in [9.17, 15) is 24.3 Å². The Hall–Kier alpha value is -2.55. The first-order chi connectivity index (χ1) is 15.4. The number of carbonyl (C=O) groups excluding carboxylic acids is 2. The van der Waals surface area contributed by atoms with Crippen LogP contribution in [-0.4, -0.2) is 57.6 Å². The van der Waals surface area contributed by atoms with E-state index in [1.807, 2.05) is 6.92 Å². The van der Waals surface area contributed by atoms with Gasteiger partial charge in [-0.1, -0.05) is 34.9 Å². The van der Waals surface area contributed by atoms with Gasteiger partial charge in [-0.2, -0.15) is 11.8 Å². The molecule has 0 radical (unpaired) electrons. The number of hydrogen-bond donors (Lipinski definition) is 4. The van der Waals surface area contributed by atoms with Crippen LogP contribution in [0.2, 0.25) is 0 Å². The number of carboxylic acid groups (broad SMARTS) is 2. The van der Waals surface area contributed by atoms with Crippen LogP contribution in [-0.2, 0) is 19.2 Å². The van der Waals surface area contributed by atoms with Gasteiger partial charge in [-0.25, -0.2) is 9.59 Å². The topological polar surface area (TPSA) is 133 Å². The smallest absolute Gasteiger partial charge is 0.327 e. The lowest BCUT2D eigenvalue weighted by molar-refractivity contribution is -0.144. The number of carboxylic acids is 2. The molecule has 0 aromatic carbocycles. The van der Waals surface area contributed by atoms with E-state index >= 15 is 0 Å². The highest BCUT2D eigenvalue weighted by molar-refractivity contribution is 7.99. The van der Waals surface area contributed by atoms with E-state index in [-0.39, 0.29) is 5.75 Å². The molecular weight excluding hydrogens is 444 g/mol. The van der Waals surface area contributed by atoms with Crippen molar-refractivity contribution in [2.45, 2.75) is 78.8 Å². The van der Waals surface area contributed by atoms with Crippen LogP contribution in [0.5, 0.6) is 0 Å². The van der Waals surface area contributed by atoms with Gasteiger partial charge in [-0.3, -0.25) is 9.59 Å². The summed E-state index contributed by atoms with van der Waals surface area (Å²) in [6, 6.07) is -2.55. The third-order valence-corrected chi connectivity index (χ3v) is 5.63. The number of hydrogen-bond acceptors (Lipinski definition) is 5. The summed E-state index contributed by atoms with van der Waals surface area (Å²) in [6.45, 7) is 9.52. The predicted molar refractivity (Wildman–Crippen MR) is 132 cm³/mol. The van der Waals surface area contributed by atoms with E-state index in [2.05, 4.69) is 49.6 Å². The van der Waals surface area contributed by atoms with Crippen molar-refractivity contribution in [3.8, 4) is 0 Å². The molecule has 0 saturated carbocycles. The summed E-state index contributed by atoms with van der Waals surface area (Å²) >= 11 is 1.37. The molecule has 186 valence electrons. The highest BCUT2D eigenvalue weighted by Gasteiger charge is 2.25. The maximum atomic E-state index is 12.0. The van der Waals surface area contributed by atoms with E-state index in [0.29, 0.717) is 5.75 Å². The van der Waals surface area contributed by atoms with Gasteiger partial charge in [0.2, 0.25) is 11.8 Å². The summed E-state index contributed by atoms with van der Waals surface area (Å²) in [4.78, 5) is 45.7. The minimum Gasteiger partial charge on any atom is -0.480 e. The van der Waals surface area contributed by atoms with Crippen LogP contribution < -0.4 is 10.6 Å². The van der Waals surface area contributed by atoms with Crippen LogP contribution in [0.3, 0.4) is 0 Å². The zero-order valence-corrected chi connectivity index (χ0v) is 21.1. The Labute approximate surface area is 201 Å². The summed E-state index contributed by atoms with van der Waals surface area (Å²) < 4.78 is 0. The number of aliphatic carboxylic acids is 2. The van der Waals surface area contributed by atoms with E-state index in [1.54, 1.807) is 0 Å². The molecule has 0 rings (SSSR count). The van der Waals surface area contributed by atoms with Crippen LogP contribution >= 0.6 is 11.8 Å². The Morgan fingerprint density at radius 2 is 1.33 bits per heavy atom. The molecule has 0 heterocycles. The fourth-order valence-electron chi connectivity index (χ4n) is 2.78. The van der Waals surface area contributed by atoms with Gasteiger partial charge in [-0.15, -0.1) is 0 Å². The first kappa shape index (κ1) is 30.4. The van der Waals surface area contributed by atoms with Crippen LogP contribution in [0.1, 0.15) is 66.7 Å². The monoisotopic (exact) mass is 482 g/mol. The average Bonchev–Trinajstić information content (AvgIpc) is 2.68. The molecule has 8 nitrogen and oxygen atoms in total. The van der Waals surface area contributed by atoms with Crippen molar-refractivity contribution >= 4 is 35.5 Å². The van der Waals surface area contributed by atoms with Gasteiger partial charge in [0.25, 0.3) is 0 Å². The number of carbonyl (C=O) groups is 4. The van der Waals surface area contributed by atoms with E-state index in [1.165, 1.54) is 28.5 Å². The molecular formula is C24H38N2O6S. The second-order valence-electron chi connectivity index (χ2n) is 8.25. The first-order valence-corrected chi connectivity index (χ1v) is 12.1. The molecule has 2 amide bonds. The summed E-state index contributed by atoms with van der Waals surface area (Å²) in [5, 5.41) is 22.9. The molecule has 0 aromatic rings. The van der Waals surface area contributed by atoms with Crippen molar-refractivity contribution in [3.05, 3.63) is 34.9 Å². The van der Waals surface area contributed by atoms with E-state index < -0.39 is 42.3 Å². The Balaban J connectivity index is 4.46. The molecule has 4 N–H and O–H groups in total. The Morgan fingerprint density at radius 3 is 1.85 bits per heavy atom. The van der Waals surface area contributed by atoms with Crippen LogP contribution in [0.15, 0.2) is 34.9 Å². The number of amides is 2. The van der Waals surface area contributed by atoms with E-state index in [4.69, 9.17) is 5.11 Å². The van der Waals surface area contributed by atoms with Crippen molar-refractivity contribution in [2.24, 2.45) is 0 Å². The molecule has 0 aliphatic rings. The SMILES string of the molecule is CC(=O)NC(CC(=O)NC(CSC/C=C(\C)CC/C=C(\C)CCC=C(C)C)C(=O)O)C(=O)O. The van der Waals surface area contributed by atoms with Gasteiger partial charge >= 0.3 is 11.9 Å². The molecule has 2 unspecified atom stereocenters. The Kier molecular flexibility index (Phi) is 15.7. The van der Waals surface area contributed by atoms with Crippen LogP contribution in [0, 0.1) is 0 Å². The maximum Gasteiger partial charge on any atom is 0.327 e. The lowest BCUT2D eigenvalue weighted by atomic mass is 10.1. The van der Waals surface area contributed by atoms with Gasteiger partial charge in [0.05, 0.1) is 6.42 Å². The number of nitrogens with one attached hydrogen (secondary N) is 2. The van der Waals surface area contributed by atoms with Crippen LogP contribution in [0.25, 0.3) is 0 Å². The summed E-state index contributed by atoms with van der Waals surface area (Å²) in [7, 11) is 0. The molecule has 2 atom stereocenters. The summed E-state index contributed by atoms with van der Waals surface area (Å²) in [5.74, 6) is -3.14. The summed E-state index contributed by atoms with van der Waals surface area (Å²) in [5.41, 5.74) is 3.92. The Morgan fingerprint density at radius 1 is 0.788 bits per heavy atom. The Bertz CT molecular complexity index is 769. The van der Waals surface area contributed by atoms with Crippen molar-refractivity contribution in [2.75, 3.05) is 11.5 Å². The second-order valence-corrected chi connectivity index (χ2v) is 9.33. The highest BCUT2D eigenvalue weighted by atomic mass is 32.2. The minimum atomic E-state index is -1.40. The first-order valence-electron chi connectivity index (χ1n) is 11.0. The lowest BCUT2D eigenvalue weighted by Crippen LogP contribution is -2.47. The van der Waals surface area contributed by atoms with Crippen molar-refractivity contribution in [1.82, 2.24) is 10.6 Å². The molecule has 9 heteroatoms. The summed E-state index contributed by atoms with van der Waals surface area (Å²) in [6.07, 6.45) is 10.0. The quantitative estimate of drug-likeness (QED) is 0.195. The minimum absolute atomic E-state index is 0.145. The largest absolute Gasteiger partial charge is 0.480 e. The second kappa shape index (κ2) is 17.0. The van der Waals surface area contributed by atoms with Gasteiger partial charge in [0.15, 0.2) is 0 Å². The highest BCUT2D eigenvalue weighted by Crippen LogP contribution is 2.13. The average molecular weight is 483 g/mol. The van der Waals surface area contributed by atoms with Gasteiger partial charge in [-0.05, 0) is 53.4 Å². The standard InChI is InChI=1S/C24H38N2O6S/c1-16(2)8-6-9-17(3)10-7-11-18(4)12-13-33-15-21(24(31)32)26-22(28)14-20(23(29)30)25-19(5)27/h8,10,12,20-21H,6-7,9,11,13-15H2,1-5H3,(H,25,27)(H,26,28)(H,29,30)(H,31,32)/b17-10+,18-12+. The number of allylic oxidation sites excluding steroid dienone is 5. The van der Waals surface area contributed by atoms with Gasteiger partial charge in [0.1, 0.15) is 12.1 Å². The predicted octanol–water partition coefficient (Wildman–Crippen LogP) is 3.69. The molecule has 0 spiro atoms. The fourth-order valence-corrected chi connectivity index (χ4v) is 3.78. The molecule has 0 aromatic heterocycles. The molecule has 0 aliphatic carbocycles. The number of rotatable bonds is 16. The van der Waals surface area contributed by atoms with Crippen molar-refractivity contribution in [1.29, 1.82) is 0 Å². The van der Waals surface area contributed by atoms with Crippen molar-refractivity contribution < 1.29 is 29.4 Å². The van der Waals surface area contributed by atoms with Gasteiger partial charge < -0.3 is 20.8 Å². The molecule has 0 aliphatic heterocycles.